The first kappa shape index (κ1) is 17.0. The molecule has 0 radical (unpaired) electrons. The number of para-hydroxylation sites is 1. The Balaban J connectivity index is 1.93. The molecule has 1 aromatic carbocycles. The molecule has 0 saturated heterocycles. The fourth-order valence-electron chi connectivity index (χ4n) is 2.59. The number of amides is 1. The van der Waals surface area contributed by atoms with E-state index in [2.05, 4.69) is 20.6 Å². The summed E-state index contributed by atoms with van der Waals surface area (Å²) in [5.41, 5.74) is 1.43. The van der Waals surface area contributed by atoms with E-state index in [0.29, 0.717) is 31.0 Å². The number of benzene rings is 1. The van der Waals surface area contributed by atoms with Crippen LogP contribution < -0.4 is 0 Å². The molecule has 132 valence electrons. The lowest BCUT2D eigenvalue weighted by molar-refractivity contribution is -0.0555. The van der Waals surface area contributed by atoms with Crippen molar-refractivity contribution in [1.29, 1.82) is 0 Å². The third-order valence-electron chi connectivity index (χ3n) is 3.67. The lowest BCUT2D eigenvalue weighted by Crippen LogP contribution is -2.42. The lowest BCUT2D eigenvalue weighted by atomic mass is 10.1. The Hall–Kier alpha value is -2.81. The molecule has 0 bridgehead atoms. The first-order valence-electron chi connectivity index (χ1n) is 8.23. The summed E-state index contributed by atoms with van der Waals surface area (Å²) in [6.45, 7) is 4.37. The maximum absolute atomic E-state index is 12.2. The predicted molar refractivity (Wildman–Crippen MR) is 89.2 cm³/mol. The zero-order valence-corrected chi connectivity index (χ0v) is 14.2. The van der Waals surface area contributed by atoms with Crippen molar-refractivity contribution in [2.75, 3.05) is 13.2 Å². The van der Waals surface area contributed by atoms with Gasteiger partial charge >= 0.3 is 6.09 Å². The standard InChI is InChI=1S/C16H20N6O3/c1-3-24-14-11-10-13(18-22(14)16(23)25-4-2)15-17-19-20-21(15)12-8-6-5-7-9-12/h5-9,14H,3-4,10-11H2,1-2H3. The maximum atomic E-state index is 12.2. The molecule has 2 aromatic rings. The number of hydrazone groups is 1. The molecular formula is C16H20N6O3. The second kappa shape index (κ2) is 7.84. The molecule has 0 spiro atoms. The molecule has 9 heteroatoms. The van der Waals surface area contributed by atoms with Gasteiger partial charge in [-0.3, -0.25) is 0 Å². The van der Waals surface area contributed by atoms with Gasteiger partial charge in [0.1, 0.15) is 5.71 Å². The molecule has 1 unspecified atom stereocenters. The van der Waals surface area contributed by atoms with Gasteiger partial charge in [0.05, 0.1) is 12.3 Å². The van der Waals surface area contributed by atoms with Gasteiger partial charge in [-0.1, -0.05) is 18.2 Å². The Kier molecular flexibility index (Phi) is 5.34. The van der Waals surface area contributed by atoms with Crippen LogP contribution in [0.5, 0.6) is 0 Å². The van der Waals surface area contributed by atoms with Gasteiger partial charge in [0.15, 0.2) is 6.23 Å². The van der Waals surface area contributed by atoms with E-state index in [9.17, 15) is 4.79 Å². The van der Waals surface area contributed by atoms with E-state index in [-0.39, 0.29) is 6.61 Å². The molecule has 2 heterocycles. The monoisotopic (exact) mass is 344 g/mol. The molecule has 0 saturated carbocycles. The Labute approximate surface area is 145 Å². The minimum absolute atomic E-state index is 0.265. The lowest BCUT2D eigenvalue weighted by Gasteiger charge is -2.30. The molecule has 9 nitrogen and oxygen atoms in total. The minimum atomic E-state index is -0.545. The van der Waals surface area contributed by atoms with E-state index in [4.69, 9.17) is 9.47 Å². The van der Waals surface area contributed by atoms with Gasteiger partial charge < -0.3 is 9.47 Å². The second-order valence-corrected chi connectivity index (χ2v) is 5.29. The molecule has 25 heavy (non-hydrogen) atoms. The van der Waals surface area contributed by atoms with E-state index < -0.39 is 12.3 Å². The highest BCUT2D eigenvalue weighted by Gasteiger charge is 2.32. The van der Waals surface area contributed by atoms with Crippen molar-refractivity contribution < 1.29 is 14.3 Å². The van der Waals surface area contributed by atoms with Crippen LogP contribution in [0.25, 0.3) is 5.69 Å². The number of nitrogens with zero attached hydrogens (tertiary/aromatic N) is 6. The highest BCUT2D eigenvalue weighted by atomic mass is 16.6. The van der Waals surface area contributed by atoms with Crippen molar-refractivity contribution in [3.8, 4) is 5.69 Å². The van der Waals surface area contributed by atoms with Crippen LogP contribution in [-0.2, 0) is 9.47 Å². The van der Waals surface area contributed by atoms with Gasteiger partial charge in [-0.25, -0.2) is 4.79 Å². The van der Waals surface area contributed by atoms with Crippen LogP contribution >= 0.6 is 0 Å². The molecule has 1 atom stereocenters. The minimum Gasteiger partial charge on any atom is -0.448 e. The number of hydrogen-bond acceptors (Lipinski definition) is 7. The summed E-state index contributed by atoms with van der Waals surface area (Å²) in [6.07, 6.45) is 0.187. The van der Waals surface area contributed by atoms with Crippen molar-refractivity contribution in [1.82, 2.24) is 25.2 Å². The second-order valence-electron chi connectivity index (χ2n) is 5.29. The summed E-state index contributed by atoms with van der Waals surface area (Å²) >= 11 is 0. The van der Waals surface area contributed by atoms with E-state index in [1.54, 1.807) is 11.6 Å². The summed E-state index contributed by atoms with van der Waals surface area (Å²) in [5.74, 6) is 0.496. The molecular weight excluding hydrogens is 324 g/mol. The van der Waals surface area contributed by atoms with E-state index >= 15 is 0 Å². The number of tetrazole rings is 1. The number of carbonyl (C=O) groups excluding carboxylic acids is 1. The van der Waals surface area contributed by atoms with Crippen LogP contribution in [0.4, 0.5) is 4.79 Å². The Bertz CT molecular complexity index is 745. The first-order chi connectivity index (χ1) is 12.2. The first-order valence-corrected chi connectivity index (χ1v) is 8.23. The summed E-state index contributed by atoms with van der Waals surface area (Å²) in [5, 5.41) is 17.5. The zero-order chi connectivity index (χ0) is 17.6. The van der Waals surface area contributed by atoms with Gasteiger partial charge in [-0.15, -0.1) is 5.10 Å². The molecule has 3 rings (SSSR count). The predicted octanol–water partition coefficient (Wildman–Crippen LogP) is 1.98. The molecule has 0 N–H and O–H groups in total. The topological polar surface area (TPSA) is 94.7 Å². The Morgan fingerprint density at radius 1 is 1.24 bits per heavy atom. The fraction of sp³-hybridized carbons (Fsp3) is 0.438. The molecule has 1 aliphatic heterocycles. The summed E-state index contributed by atoms with van der Waals surface area (Å²) < 4.78 is 12.3. The summed E-state index contributed by atoms with van der Waals surface area (Å²) in [7, 11) is 0. The van der Waals surface area contributed by atoms with Gasteiger partial charge in [-0.2, -0.15) is 14.8 Å². The van der Waals surface area contributed by atoms with Crippen LogP contribution in [0.3, 0.4) is 0 Å². The molecule has 0 fully saturated rings. The highest BCUT2D eigenvalue weighted by molar-refractivity contribution is 5.98. The van der Waals surface area contributed by atoms with Crippen LogP contribution in [0.2, 0.25) is 0 Å². The molecule has 1 aliphatic rings. The normalized spacial score (nSPS) is 17.3. The van der Waals surface area contributed by atoms with Crippen LogP contribution in [-0.4, -0.2) is 56.5 Å². The van der Waals surface area contributed by atoms with Crippen molar-refractivity contribution in [2.45, 2.75) is 32.9 Å². The number of rotatable bonds is 5. The molecule has 0 aliphatic carbocycles. The van der Waals surface area contributed by atoms with Crippen LogP contribution in [0.1, 0.15) is 32.5 Å². The van der Waals surface area contributed by atoms with E-state index in [1.807, 2.05) is 37.3 Å². The van der Waals surface area contributed by atoms with E-state index in [0.717, 1.165) is 5.69 Å². The SMILES string of the molecule is CCOC(=O)N1N=C(c2nnnn2-c2ccccc2)CCC1OCC. The summed E-state index contributed by atoms with van der Waals surface area (Å²) in [4.78, 5) is 12.2. The average Bonchev–Trinajstić information content (AvgIpc) is 3.13. The summed E-state index contributed by atoms with van der Waals surface area (Å²) in [6, 6.07) is 9.52. The van der Waals surface area contributed by atoms with E-state index in [1.165, 1.54) is 5.01 Å². The van der Waals surface area contributed by atoms with Crippen molar-refractivity contribution in [3.05, 3.63) is 36.2 Å². The Morgan fingerprint density at radius 3 is 2.76 bits per heavy atom. The van der Waals surface area contributed by atoms with Crippen LogP contribution in [0, 0.1) is 0 Å². The van der Waals surface area contributed by atoms with Gasteiger partial charge in [0.25, 0.3) is 0 Å². The largest absolute Gasteiger partial charge is 0.448 e. The third kappa shape index (κ3) is 3.66. The zero-order valence-electron chi connectivity index (χ0n) is 14.2. The molecule has 1 amide bonds. The number of ether oxygens (including phenoxy) is 2. The number of carbonyl (C=O) groups is 1. The van der Waals surface area contributed by atoms with Crippen molar-refractivity contribution in [3.63, 3.8) is 0 Å². The quantitative estimate of drug-likeness (QED) is 0.823. The number of aromatic nitrogens is 4. The number of hydrogen-bond donors (Lipinski definition) is 0. The molecule has 1 aromatic heterocycles. The van der Waals surface area contributed by atoms with Crippen molar-refractivity contribution in [2.24, 2.45) is 5.10 Å². The van der Waals surface area contributed by atoms with Crippen LogP contribution in [0.15, 0.2) is 35.4 Å². The van der Waals surface area contributed by atoms with Gasteiger partial charge in [0.2, 0.25) is 5.82 Å². The fourth-order valence-corrected chi connectivity index (χ4v) is 2.59. The van der Waals surface area contributed by atoms with Gasteiger partial charge in [-0.05, 0) is 42.8 Å². The average molecular weight is 344 g/mol. The van der Waals surface area contributed by atoms with Crippen molar-refractivity contribution >= 4 is 11.8 Å². The highest BCUT2D eigenvalue weighted by Crippen LogP contribution is 2.21. The maximum Gasteiger partial charge on any atom is 0.432 e. The smallest absolute Gasteiger partial charge is 0.432 e. The Morgan fingerprint density at radius 2 is 2.04 bits per heavy atom. The third-order valence-corrected chi connectivity index (χ3v) is 3.67. The van der Waals surface area contributed by atoms with Gasteiger partial charge in [0, 0.05) is 13.0 Å².